The molecule has 1 aromatic heterocycles. The molecule has 2 heterocycles. The number of nitrogens with zero attached hydrogens (tertiary/aromatic N) is 1. The highest BCUT2D eigenvalue weighted by molar-refractivity contribution is 6.31. The standard InChI is InChI=1S/C25H27ClN2O3.CH4/c1-4-13-30-19-8-5-17(6-9-19)24-23-20(21-14-18(26)7-10-22(21)27-23)11-12-28(24)25(29)31-15-16(2)3;/h4-10,14,16,24,27H,1,11-13,15H2,2-3H3;1H4. The molecule has 1 N–H and O–H groups in total. The number of halogens is 1. The van der Waals surface area contributed by atoms with E-state index in [-0.39, 0.29) is 25.5 Å². The Bertz CT molecular complexity index is 1090. The van der Waals surface area contributed by atoms with Crippen molar-refractivity contribution in [1.29, 1.82) is 0 Å². The normalized spacial score (nSPS) is 15.2. The van der Waals surface area contributed by atoms with E-state index in [1.165, 1.54) is 5.56 Å². The fourth-order valence-corrected chi connectivity index (χ4v) is 4.20. The number of carbonyl (C=O) groups is 1. The van der Waals surface area contributed by atoms with Crippen LogP contribution in [0.5, 0.6) is 5.75 Å². The van der Waals surface area contributed by atoms with E-state index in [0.29, 0.717) is 24.8 Å². The maximum atomic E-state index is 13.0. The number of aromatic amines is 1. The molecule has 2 aromatic carbocycles. The van der Waals surface area contributed by atoms with Gasteiger partial charge in [-0.1, -0.05) is 57.7 Å². The van der Waals surface area contributed by atoms with Crippen LogP contribution in [0.1, 0.15) is 44.1 Å². The van der Waals surface area contributed by atoms with Gasteiger partial charge >= 0.3 is 6.09 Å². The highest BCUT2D eigenvalue weighted by Gasteiger charge is 2.35. The van der Waals surface area contributed by atoms with Gasteiger partial charge in [0.05, 0.1) is 6.61 Å². The average Bonchev–Trinajstić information content (AvgIpc) is 3.13. The number of hydrogen-bond donors (Lipinski definition) is 1. The highest BCUT2D eigenvalue weighted by atomic mass is 35.5. The van der Waals surface area contributed by atoms with Crippen LogP contribution in [0.3, 0.4) is 0 Å². The van der Waals surface area contributed by atoms with E-state index in [0.717, 1.165) is 34.3 Å². The topological polar surface area (TPSA) is 54.6 Å². The summed E-state index contributed by atoms with van der Waals surface area (Å²) in [5.74, 6) is 1.04. The first kappa shape index (κ1) is 23.7. The van der Waals surface area contributed by atoms with Crippen LogP contribution < -0.4 is 4.74 Å². The molecular formula is C26H31ClN2O3. The first-order valence-electron chi connectivity index (χ1n) is 10.5. The van der Waals surface area contributed by atoms with Gasteiger partial charge in [-0.3, -0.25) is 4.90 Å². The van der Waals surface area contributed by atoms with Crippen LogP contribution in [0.4, 0.5) is 4.79 Å². The SMILES string of the molecule is C.C=CCOc1ccc(C2c3[nH]c4ccc(Cl)cc4c3CCN2C(=O)OCC(C)C)cc1. The van der Waals surface area contributed by atoms with Gasteiger partial charge in [0, 0.05) is 28.2 Å². The van der Waals surface area contributed by atoms with E-state index in [1.54, 1.807) is 11.0 Å². The third-order valence-corrected chi connectivity index (χ3v) is 5.66. The molecule has 1 amide bonds. The van der Waals surface area contributed by atoms with Gasteiger partial charge in [0.2, 0.25) is 0 Å². The number of ether oxygens (including phenoxy) is 2. The maximum absolute atomic E-state index is 13.0. The zero-order chi connectivity index (χ0) is 22.0. The molecule has 32 heavy (non-hydrogen) atoms. The van der Waals surface area contributed by atoms with Crippen molar-refractivity contribution in [1.82, 2.24) is 9.88 Å². The van der Waals surface area contributed by atoms with Gasteiger partial charge in [-0.05, 0) is 53.8 Å². The summed E-state index contributed by atoms with van der Waals surface area (Å²) in [6.45, 7) is 9.16. The van der Waals surface area contributed by atoms with Crippen molar-refractivity contribution in [3.8, 4) is 5.75 Å². The summed E-state index contributed by atoms with van der Waals surface area (Å²) < 4.78 is 11.2. The lowest BCUT2D eigenvalue weighted by Crippen LogP contribution is -2.41. The van der Waals surface area contributed by atoms with Crippen molar-refractivity contribution < 1.29 is 14.3 Å². The van der Waals surface area contributed by atoms with E-state index in [1.807, 2.05) is 56.3 Å². The molecule has 3 aromatic rings. The second-order valence-corrected chi connectivity index (χ2v) is 8.63. The lowest BCUT2D eigenvalue weighted by Gasteiger charge is -2.35. The molecular weight excluding hydrogens is 424 g/mol. The van der Waals surface area contributed by atoms with Crippen LogP contribution in [-0.4, -0.2) is 35.7 Å². The summed E-state index contributed by atoms with van der Waals surface area (Å²) in [5, 5.41) is 1.81. The van der Waals surface area contributed by atoms with Crippen LogP contribution in [0.2, 0.25) is 5.02 Å². The fraction of sp³-hybridized carbons (Fsp3) is 0.346. The van der Waals surface area contributed by atoms with E-state index in [9.17, 15) is 4.79 Å². The Morgan fingerprint density at radius 2 is 2.03 bits per heavy atom. The third kappa shape index (κ3) is 4.78. The third-order valence-electron chi connectivity index (χ3n) is 5.43. The molecule has 0 aliphatic carbocycles. The number of fused-ring (bicyclic) bond motifs is 3. The molecule has 0 saturated heterocycles. The lowest BCUT2D eigenvalue weighted by atomic mass is 9.92. The summed E-state index contributed by atoms with van der Waals surface area (Å²) in [6.07, 6.45) is 2.15. The van der Waals surface area contributed by atoms with E-state index >= 15 is 0 Å². The van der Waals surface area contributed by atoms with Gasteiger partial charge in [-0.25, -0.2) is 4.79 Å². The minimum absolute atomic E-state index is 0. The Labute approximate surface area is 195 Å². The summed E-state index contributed by atoms with van der Waals surface area (Å²) >= 11 is 6.26. The van der Waals surface area contributed by atoms with Crippen LogP contribution in [0.15, 0.2) is 55.1 Å². The smallest absolute Gasteiger partial charge is 0.410 e. The molecule has 5 nitrogen and oxygen atoms in total. The fourth-order valence-electron chi connectivity index (χ4n) is 4.03. The number of aromatic nitrogens is 1. The molecule has 4 rings (SSSR count). The minimum atomic E-state index is -0.298. The minimum Gasteiger partial charge on any atom is -0.490 e. The Hall–Kier alpha value is -2.92. The zero-order valence-corrected chi connectivity index (χ0v) is 18.6. The van der Waals surface area contributed by atoms with Crippen molar-refractivity contribution >= 4 is 28.6 Å². The molecule has 0 radical (unpaired) electrons. The second-order valence-electron chi connectivity index (χ2n) is 8.19. The summed E-state index contributed by atoms with van der Waals surface area (Å²) in [4.78, 5) is 18.4. The van der Waals surface area contributed by atoms with Gasteiger partial charge in [-0.2, -0.15) is 0 Å². The first-order chi connectivity index (χ1) is 15.0. The van der Waals surface area contributed by atoms with E-state index in [4.69, 9.17) is 21.1 Å². The Balaban J connectivity index is 0.00000289. The van der Waals surface area contributed by atoms with Crippen LogP contribution in [-0.2, 0) is 11.2 Å². The number of rotatable bonds is 6. The average molecular weight is 455 g/mol. The molecule has 0 saturated carbocycles. The Morgan fingerprint density at radius 3 is 2.72 bits per heavy atom. The van der Waals surface area contributed by atoms with Gasteiger partial charge in [0.15, 0.2) is 0 Å². The van der Waals surface area contributed by atoms with Crippen molar-refractivity contribution in [3.05, 3.63) is 77.0 Å². The summed E-state index contributed by atoms with van der Waals surface area (Å²) in [7, 11) is 0. The molecule has 0 fully saturated rings. The second kappa shape index (κ2) is 10.1. The van der Waals surface area contributed by atoms with Crippen molar-refractivity contribution in [2.24, 2.45) is 5.92 Å². The molecule has 1 aliphatic heterocycles. The summed E-state index contributed by atoms with van der Waals surface area (Å²) in [5.41, 5.74) is 4.21. The highest BCUT2D eigenvalue weighted by Crippen LogP contribution is 2.39. The number of benzene rings is 2. The zero-order valence-electron chi connectivity index (χ0n) is 17.9. The predicted octanol–water partition coefficient (Wildman–Crippen LogP) is 6.76. The monoisotopic (exact) mass is 454 g/mol. The molecule has 1 atom stereocenters. The van der Waals surface area contributed by atoms with E-state index < -0.39 is 0 Å². The Kier molecular flexibility index (Phi) is 7.52. The Morgan fingerprint density at radius 1 is 1.28 bits per heavy atom. The van der Waals surface area contributed by atoms with Gasteiger partial charge in [-0.15, -0.1) is 0 Å². The number of amides is 1. The first-order valence-corrected chi connectivity index (χ1v) is 10.9. The quantitative estimate of drug-likeness (QED) is 0.418. The van der Waals surface area contributed by atoms with Crippen LogP contribution in [0.25, 0.3) is 10.9 Å². The van der Waals surface area contributed by atoms with Crippen LogP contribution in [0, 0.1) is 5.92 Å². The van der Waals surface area contributed by atoms with Crippen molar-refractivity contribution in [2.75, 3.05) is 19.8 Å². The number of carbonyl (C=O) groups excluding carboxylic acids is 1. The number of hydrogen-bond acceptors (Lipinski definition) is 3. The summed E-state index contributed by atoms with van der Waals surface area (Å²) in [6, 6.07) is 13.4. The molecule has 0 bridgehead atoms. The lowest BCUT2D eigenvalue weighted by molar-refractivity contribution is 0.0797. The number of nitrogens with one attached hydrogen (secondary N) is 1. The maximum Gasteiger partial charge on any atom is 0.410 e. The molecule has 1 aliphatic rings. The molecule has 1 unspecified atom stereocenters. The van der Waals surface area contributed by atoms with Gasteiger partial charge in [0.25, 0.3) is 0 Å². The molecule has 170 valence electrons. The molecule has 0 spiro atoms. The van der Waals surface area contributed by atoms with Gasteiger partial charge in [0.1, 0.15) is 18.4 Å². The van der Waals surface area contributed by atoms with Crippen molar-refractivity contribution in [2.45, 2.75) is 33.7 Å². The number of H-pyrrole nitrogens is 1. The molecule has 6 heteroatoms. The van der Waals surface area contributed by atoms with E-state index in [2.05, 4.69) is 11.6 Å². The van der Waals surface area contributed by atoms with Crippen LogP contribution >= 0.6 is 11.6 Å². The van der Waals surface area contributed by atoms with Gasteiger partial charge < -0.3 is 14.5 Å². The van der Waals surface area contributed by atoms with Crippen molar-refractivity contribution in [3.63, 3.8) is 0 Å². The largest absolute Gasteiger partial charge is 0.490 e. The predicted molar refractivity (Wildman–Crippen MR) is 131 cm³/mol.